The first-order valence-corrected chi connectivity index (χ1v) is 7.45. The highest BCUT2D eigenvalue weighted by molar-refractivity contribution is 5.29. The molecule has 4 nitrogen and oxygen atoms in total. The Morgan fingerprint density at radius 3 is 2.86 bits per heavy atom. The van der Waals surface area contributed by atoms with E-state index in [1.54, 1.807) is 6.07 Å². The Bertz CT molecular complexity index is 468. The molecular formula is C16H25FN2O2. The maximum absolute atomic E-state index is 13.7. The summed E-state index contributed by atoms with van der Waals surface area (Å²) < 4.78 is 24.4. The van der Waals surface area contributed by atoms with Gasteiger partial charge >= 0.3 is 0 Å². The fourth-order valence-corrected chi connectivity index (χ4v) is 2.66. The van der Waals surface area contributed by atoms with Gasteiger partial charge in [-0.2, -0.15) is 0 Å². The van der Waals surface area contributed by atoms with Crippen molar-refractivity contribution in [1.82, 2.24) is 4.90 Å². The van der Waals surface area contributed by atoms with Gasteiger partial charge in [0.05, 0.1) is 19.8 Å². The van der Waals surface area contributed by atoms with E-state index < -0.39 is 0 Å². The van der Waals surface area contributed by atoms with Crippen LogP contribution in [0.25, 0.3) is 0 Å². The average molecular weight is 296 g/mol. The highest BCUT2D eigenvalue weighted by Gasteiger charge is 2.27. The van der Waals surface area contributed by atoms with Crippen molar-refractivity contribution in [3.63, 3.8) is 0 Å². The van der Waals surface area contributed by atoms with Crippen molar-refractivity contribution in [1.29, 1.82) is 0 Å². The molecule has 1 aromatic rings. The molecule has 0 amide bonds. The second-order valence-electron chi connectivity index (χ2n) is 5.83. The van der Waals surface area contributed by atoms with Crippen LogP contribution in [0.4, 0.5) is 4.39 Å². The number of hydrogen-bond acceptors (Lipinski definition) is 4. The minimum atomic E-state index is -0.351. The van der Waals surface area contributed by atoms with E-state index in [0.29, 0.717) is 19.1 Å². The summed E-state index contributed by atoms with van der Waals surface area (Å²) in [4.78, 5) is 2.36. The van der Waals surface area contributed by atoms with Crippen molar-refractivity contribution in [2.24, 2.45) is 5.73 Å². The third-order valence-electron chi connectivity index (χ3n) is 4.02. The largest absolute Gasteiger partial charge is 0.494 e. The van der Waals surface area contributed by atoms with Crippen LogP contribution in [0.1, 0.15) is 19.4 Å². The normalized spacial score (nSPS) is 21.5. The molecule has 1 aliphatic rings. The molecule has 2 unspecified atom stereocenters. The zero-order valence-corrected chi connectivity index (χ0v) is 13.0. The highest BCUT2D eigenvalue weighted by atomic mass is 19.1. The van der Waals surface area contributed by atoms with E-state index in [4.69, 9.17) is 15.2 Å². The first-order chi connectivity index (χ1) is 10.0. The zero-order valence-electron chi connectivity index (χ0n) is 13.0. The van der Waals surface area contributed by atoms with Gasteiger partial charge < -0.3 is 15.2 Å². The number of rotatable bonds is 5. The van der Waals surface area contributed by atoms with E-state index in [0.717, 1.165) is 18.7 Å². The summed E-state index contributed by atoms with van der Waals surface area (Å²) in [5, 5.41) is 0. The van der Waals surface area contributed by atoms with Gasteiger partial charge in [-0.3, -0.25) is 4.90 Å². The monoisotopic (exact) mass is 296 g/mol. The summed E-state index contributed by atoms with van der Waals surface area (Å²) in [7, 11) is 1.46. The van der Waals surface area contributed by atoms with Gasteiger partial charge in [-0.05, 0) is 38.0 Å². The van der Waals surface area contributed by atoms with Crippen LogP contribution in [0.2, 0.25) is 0 Å². The maximum atomic E-state index is 13.7. The van der Waals surface area contributed by atoms with Crippen molar-refractivity contribution in [2.45, 2.75) is 38.5 Å². The molecule has 5 heteroatoms. The third-order valence-corrected chi connectivity index (χ3v) is 4.02. The Morgan fingerprint density at radius 2 is 2.24 bits per heavy atom. The Labute approximate surface area is 126 Å². The lowest BCUT2D eigenvalue weighted by atomic mass is 10.00. The Hall–Kier alpha value is -1.17. The maximum Gasteiger partial charge on any atom is 0.165 e. The van der Waals surface area contributed by atoms with Crippen LogP contribution in [-0.2, 0) is 11.2 Å². The van der Waals surface area contributed by atoms with Crippen LogP contribution in [0.15, 0.2) is 18.2 Å². The van der Waals surface area contributed by atoms with Gasteiger partial charge in [-0.25, -0.2) is 4.39 Å². The van der Waals surface area contributed by atoms with Gasteiger partial charge in [0.15, 0.2) is 11.6 Å². The molecule has 1 heterocycles. The number of halogens is 1. The van der Waals surface area contributed by atoms with Crippen molar-refractivity contribution < 1.29 is 13.9 Å². The summed E-state index contributed by atoms with van der Waals surface area (Å²) in [5.41, 5.74) is 7.12. The minimum absolute atomic E-state index is 0.00804. The fraction of sp³-hybridized carbons (Fsp3) is 0.625. The number of nitrogens with two attached hydrogens (primary N) is 1. The van der Waals surface area contributed by atoms with E-state index in [-0.39, 0.29) is 23.7 Å². The van der Waals surface area contributed by atoms with Crippen LogP contribution in [-0.4, -0.2) is 49.9 Å². The third kappa shape index (κ3) is 4.15. The van der Waals surface area contributed by atoms with E-state index in [1.165, 1.54) is 13.2 Å². The number of hydrogen-bond donors (Lipinski definition) is 1. The molecule has 118 valence electrons. The standard InChI is InChI=1S/C16H25FN2O2/c1-11(2)19-6-7-21-16(10-19)14(18)9-12-4-5-15(20-3)13(17)8-12/h4-5,8,11,14,16H,6-7,9-10,18H2,1-3H3. The zero-order chi connectivity index (χ0) is 15.4. The van der Waals surface area contributed by atoms with Gasteiger partial charge in [-0.15, -0.1) is 0 Å². The number of methoxy groups -OCH3 is 1. The molecule has 1 aromatic carbocycles. The van der Waals surface area contributed by atoms with Crippen LogP contribution < -0.4 is 10.5 Å². The first-order valence-electron chi connectivity index (χ1n) is 7.45. The summed E-state index contributed by atoms with van der Waals surface area (Å²) in [6.45, 7) is 6.82. The van der Waals surface area contributed by atoms with Gasteiger partial charge in [0.25, 0.3) is 0 Å². The summed E-state index contributed by atoms with van der Waals surface area (Å²) in [6.07, 6.45) is 0.587. The number of benzene rings is 1. The second-order valence-corrected chi connectivity index (χ2v) is 5.83. The quantitative estimate of drug-likeness (QED) is 0.900. The summed E-state index contributed by atoms with van der Waals surface area (Å²) >= 11 is 0. The summed E-state index contributed by atoms with van der Waals surface area (Å²) in [6, 6.07) is 5.33. The highest BCUT2D eigenvalue weighted by Crippen LogP contribution is 2.20. The molecule has 1 saturated heterocycles. The molecule has 2 rings (SSSR count). The van der Waals surface area contributed by atoms with Crippen LogP contribution in [0.5, 0.6) is 5.75 Å². The molecule has 0 spiro atoms. The number of ether oxygens (including phenoxy) is 2. The fourth-order valence-electron chi connectivity index (χ4n) is 2.66. The van der Waals surface area contributed by atoms with E-state index in [9.17, 15) is 4.39 Å². The SMILES string of the molecule is COc1ccc(CC(N)C2CN(C(C)C)CCO2)cc1F. The van der Waals surface area contributed by atoms with Crippen molar-refractivity contribution in [2.75, 3.05) is 26.8 Å². The lowest BCUT2D eigenvalue weighted by Crippen LogP contribution is -2.53. The minimum Gasteiger partial charge on any atom is -0.494 e. The number of nitrogens with zero attached hydrogens (tertiary/aromatic N) is 1. The molecule has 0 radical (unpaired) electrons. The predicted molar refractivity (Wildman–Crippen MR) is 81.1 cm³/mol. The van der Waals surface area contributed by atoms with Gasteiger partial charge in [0.2, 0.25) is 0 Å². The second kappa shape index (κ2) is 7.20. The first kappa shape index (κ1) is 16.2. The predicted octanol–water partition coefficient (Wildman–Crippen LogP) is 1.81. The molecule has 21 heavy (non-hydrogen) atoms. The average Bonchev–Trinajstić information content (AvgIpc) is 2.47. The molecule has 2 atom stereocenters. The Balaban J connectivity index is 1.97. The van der Waals surface area contributed by atoms with Crippen molar-refractivity contribution >= 4 is 0 Å². The van der Waals surface area contributed by atoms with Crippen LogP contribution in [0, 0.1) is 5.82 Å². The lowest BCUT2D eigenvalue weighted by Gasteiger charge is -2.38. The Morgan fingerprint density at radius 1 is 1.48 bits per heavy atom. The van der Waals surface area contributed by atoms with Crippen molar-refractivity contribution in [3.8, 4) is 5.75 Å². The van der Waals surface area contributed by atoms with Crippen LogP contribution in [0.3, 0.4) is 0 Å². The molecule has 0 aromatic heterocycles. The summed E-state index contributed by atoms with van der Waals surface area (Å²) in [5.74, 6) is -0.0946. The molecule has 0 saturated carbocycles. The molecule has 1 aliphatic heterocycles. The number of morpholine rings is 1. The Kier molecular flexibility index (Phi) is 5.56. The van der Waals surface area contributed by atoms with E-state index in [1.807, 2.05) is 6.07 Å². The van der Waals surface area contributed by atoms with Gasteiger partial charge in [0.1, 0.15) is 0 Å². The molecule has 0 aliphatic carbocycles. The van der Waals surface area contributed by atoms with E-state index in [2.05, 4.69) is 18.7 Å². The lowest BCUT2D eigenvalue weighted by molar-refractivity contribution is -0.0495. The topological polar surface area (TPSA) is 47.7 Å². The smallest absolute Gasteiger partial charge is 0.165 e. The van der Waals surface area contributed by atoms with E-state index >= 15 is 0 Å². The molecule has 0 bridgehead atoms. The molecule has 2 N–H and O–H groups in total. The van der Waals surface area contributed by atoms with Crippen LogP contribution >= 0.6 is 0 Å². The van der Waals surface area contributed by atoms with Crippen molar-refractivity contribution in [3.05, 3.63) is 29.6 Å². The van der Waals surface area contributed by atoms with Gasteiger partial charge in [0, 0.05) is 25.2 Å². The van der Waals surface area contributed by atoms with Gasteiger partial charge in [-0.1, -0.05) is 6.07 Å². The molecular weight excluding hydrogens is 271 g/mol. The molecule has 1 fully saturated rings.